The van der Waals surface area contributed by atoms with Gasteiger partial charge in [0.15, 0.2) is 0 Å². The zero-order valence-corrected chi connectivity index (χ0v) is 13.1. The van der Waals surface area contributed by atoms with Crippen LogP contribution in [0.3, 0.4) is 0 Å². The summed E-state index contributed by atoms with van der Waals surface area (Å²) in [6, 6.07) is 4.88. The van der Waals surface area contributed by atoms with Crippen molar-refractivity contribution in [2.75, 3.05) is 0 Å². The number of pyridine rings is 1. The van der Waals surface area contributed by atoms with E-state index in [0.29, 0.717) is 5.69 Å². The van der Waals surface area contributed by atoms with Crippen LogP contribution in [-0.4, -0.2) is 18.4 Å². The molecule has 0 unspecified atom stereocenters. The summed E-state index contributed by atoms with van der Waals surface area (Å²) in [7, 11) is -3.59. The van der Waals surface area contributed by atoms with E-state index in [-0.39, 0.29) is 16.4 Å². The Morgan fingerprint density at radius 3 is 2.70 bits per heavy atom. The van der Waals surface area contributed by atoms with Crippen LogP contribution in [0, 0.1) is 6.92 Å². The Balaban J connectivity index is 2.14. The third-order valence-electron chi connectivity index (χ3n) is 2.69. The Kier molecular flexibility index (Phi) is 4.48. The maximum Gasteiger partial charge on any atom is 0.242 e. The summed E-state index contributed by atoms with van der Waals surface area (Å²) in [5.74, 6) is 0. The van der Waals surface area contributed by atoms with Crippen molar-refractivity contribution in [2.45, 2.75) is 18.4 Å². The number of nitrogens with zero attached hydrogens (tertiary/aromatic N) is 1. The summed E-state index contributed by atoms with van der Waals surface area (Å²) in [5.41, 5.74) is 6.88. The quantitative estimate of drug-likeness (QED) is 0.814. The monoisotopic (exact) mass is 327 g/mol. The molecule has 2 rings (SSSR count). The van der Waals surface area contributed by atoms with Gasteiger partial charge in [0.05, 0.1) is 5.69 Å². The van der Waals surface area contributed by atoms with Gasteiger partial charge < -0.3 is 5.73 Å². The van der Waals surface area contributed by atoms with Gasteiger partial charge in [0, 0.05) is 17.6 Å². The predicted molar refractivity (Wildman–Crippen MR) is 83.2 cm³/mol. The number of hydrogen-bond donors (Lipinski definition) is 2. The largest absolute Gasteiger partial charge is 0.388 e. The molecule has 0 saturated carbocycles. The second-order valence-corrected chi connectivity index (χ2v) is 7.30. The predicted octanol–water partition coefficient (Wildman–Crippen LogP) is 1.56. The molecule has 0 aliphatic heterocycles. The molecule has 20 heavy (non-hydrogen) atoms. The highest BCUT2D eigenvalue weighted by atomic mass is 32.2. The second kappa shape index (κ2) is 5.96. The van der Waals surface area contributed by atoms with Crippen LogP contribution in [0.15, 0.2) is 34.7 Å². The van der Waals surface area contributed by atoms with E-state index >= 15 is 0 Å². The van der Waals surface area contributed by atoms with E-state index in [2.05, 4.69) is 9.71 Å². The van der Waals surface area contributed by atoms with Crippen molar-refractivity contribution in [1.82, 2.24) is 9.71 Å². The number of nitrogens with one attached hydrogen (secondary N) is 1. The standard InChI is InChI=1S/C12H13N3O2S3/c1-8-4-5-19-11(8)7-15-20(16,17)9-2-3-10(12(13)18)14-6-9/h2-6,15H,7H2,1H3,(H2,13,18). The molecule has 0 fully saturated rings. The van der Waals surface area contributed by atoms with Gasteiger partial charge in [-0.15, -0.1) is 11.3 Å². The first-order valence-corrected chi connectivity index (χ1v) is 8.46. The van der Waals surface area contributed by atoms with Gasteiger partial charge in [-0.05, 0) is 36.1 Å². The van der Waals surface area contributed by atoms with Crippen LogP contribution in [0.4, 0.5) is 0 Å². The number of nitrogens with two attached hydrogens (primary N) is 1. The molecular weight excluding hydrogens is 314 g/mol. The van der Waals surface area contributed by atoms with Gasteiger partial charge in [-0.2, -0.15) is 0 Å². The van der Waals surface area contributed by atoms with Crippen molar-refractivity contribution in [1.29, 1.82) is 0 Å². The SMILES string of the molecule is Cc1ccsc1CNS(=O)(=O)c1ccc(C(N)=S)nc1. The highest BCUT2D eigenvalue weighted by molar-refractivity contribution is 7.89. The fourth-order valence-corrected chi connectivity index (χ4v) is 3.51. The second-order valence-electron chi connectivity index (χ2n) is 4.09. The molecule has 0 aliphatic rings. The van der Waals surface area contributed by atoms with Gasteiger partial charge in [-0.25, -0.2) is 13.1 Å². The topological polar surface area (TPSA) is 85.1 Å². The van der Waals surface area contributed by atoms with E-state index in [9.17, 15) is 8.42 Å². The van der Waals surface area contributed by atoms with Crippen molar-refractivity contribution in [3.63, 3.8) is 0 Å². The average Bonchev–Trinajstić information content (AvgIpc) is 2.82. The third-order valence-corrected chi connectivity index (χ3v) is 5.31. The van der Waals surface area contributed by atoms with E-state index in [1.807, 2.05) is 18.4 Å². The van der Waals surface area contributed by atoms with Crippen molar-refractivity contribution >= 4 is 38.6 Å². The molecule has 2 aromatic rings. The minimum Gasteiger partial charge on any atom is -0.388 e. The van der Waals surface area contributed by atoms with Gasteiger partial charge in [0.25, 0.3) is 0 Å². The van der Waals surface area contributed by atoms with Gasteiger partial charge in [0.2, 0.25) is 10.0 Å². The molecule has 0 radical (unpaired) electrons. The van der Waals surface area contributed by atoms with E-state index in [1.165, 1.54) is 29.7 Å². The normalized spacial score (nSPS) is 11.4. The number of sulfonamides is 1. The molecule has 0 aromatic carbocycles. The van der Waals surface area contributed by atoms with Crippen LogP contribution in [0.2, 0.25) is 0 Å². The van der Waals surface area contributed by atoms with Gasteiger partial charge in [-0.3, -0.25) is 4.98 Å². The first kappa shape index (κ1) is 15.0. The smallest absolute Gasteiger partial charge is 0.242 e. The van der Waals surface area contributed by atoms with Gasteiger partial charge in [-0.1, -0.05) is 12.2 Å². The summed E-state index contributed by atoms with van der Waals surface area (Å²) < 4.78 is 26.8. The van der Waals surface area contributed by atoms with Crippen LogP contribution < -0.4 is 10.5 Å². The number of thiocarbonyl (C=S) groups is 1. The van der Waals surface area contributed by atoms with E-state index in [4.69, 9.17) is 18.0 Å². The Morgan fingerprint density at radius 2 is 2.20 bits per heavy atom. The van der Waals surface area contributed by atoms with Gasteiger partial charge in [0.1, 0.15) is 9.88 Å². The lowest BCUT2D eigenvalue weighted by Gasteiger charge is -2.06. The molecule has 3 N–H and O–H groups in total. The molecule has 8 heteroatoms. The number of hydrogen-bond acceptors (Lipinski definition) is 5. The minimum atomic E-state index is -3.59. The molecule has 106 valence electrons. The highest BCUT2D eigenvalue weighted by Crippen LogP contribution is 2.16. The summed E-state index contributed by atoms with van der Waals surface area (Å²) in [4.78, 5) is 5.14. The number of thiophene rings is 1. The Bertz CT molecular complexity index is 721. The lowest BCUT2D eigenvalue weighted by atomic mass is 10.3. The van der Waals surface area contributed by atoms with E-state index < -0.39 is 10.0 Å². The Morgan fingerprint density at radius 1 is 1.45 bits per heavy atom. The molecule has 2 heterocycles. The molecule has 0 atom stereocenters. The minimum absolute atomic E-state index is 0.0895. The molecule has 0 aliphatic carbocycles. The first-order valence-electron chi connectivity index (χ1n) is 5.68. The summed E-state index contributed by atoms with van der Waals surface area (Å²) >= 11 is 6.29. The lowest BCUT2D eigenvalue weighted by molar-refractivity contribution is 0.581. The number of aromatic nitrogens is 1. The highest BCUT2D eigenvalue weighted by Gasteiger charge is 2.15. The fraction of sp³-hybridized carbons (Fsp3) is 0.167. The molecule has 0 saturated heterocycles. The molecule has 0 amide bonds. The van der Waals surface area contributed by atoms with Crippen molar-refractivity contribution in [2.24, 2.45) is 5.73 Å². The zero-order chi connectivity index (χ0) is 14.8. The number of aryl methyl sites for hydroxylation is 1. The lowest BCUT2D eigenvalue weighted by Crippen LogP contribution is -2.23. The van der Waals surface area contributed by atoms with E-state index in [1.54, 1.807) is 0 Å². The maximum atomic E-state index is 12.1. The first-order chi connectivity index (χ1) is 9.40. The third kappa shape index (κ3) is 3.40. The summed E-state index contributed by atoms with van der Waals surface area (Å²) in [5, 5.41) is 1.93. The van der Waals surface area contributed by atoms with Crippen LogP contribution in [0.5, 0.6) is 0 Å². The summed E-state index contributed by atoms with van der Waals surface area (Å²) in [6.07, 6.45) is 1.25. The van der Waals surface area contributed by atoms with E-state index in [0.717, 1.165) is 10.4 Å². The molecular formula is C12H13N3O2S3. The molecule has 5 nitrogen and oxygen atoms in total. The number of rotatable bonds is 5. The Hall–Kier alpha value is -1.35. The van der Waals surface area contributed by atoms with Crippen molar-refractivity contribution < 1.29 is 8.42 Å². The maximum absolute atomic E-state index is 12.1. The molecule has 2 aromatic heterocycles. The summed E-state index contributed by atoms with van der Waals surface area (Å²) in [6.45, 7) is 2.21. The van der Waals surface area contributed by atoms with Crippen LogP contribution in [0.25, 0.3) is 0 Å². The zero-order valence-electron chi connectivity index (χ0n) is 10.7. The van der Waals surface area contributed by atoms with Crippen LogP contribution in [0.1, 0.15) is 16.1 Å². The average molecular weight is 327 g/mol. The Labute approximate surface area is 126 Å². The molecule has 0 spiro atoms. The molecule has 0 bridgehead atoms. The van der Waals surface area contributed by atoms with Crippen LogP contribution >= 0.6 is 23.6 Å². The van der Waals surface area contributed by atoms with Crippen LogP contribution in [-0.2, 0) is 16.6 Å². The van der Waals surface area contributed by atoms with Crippen molar-refractivity contribution in [3.8, 4) is 0 Å². The van der Waals surface area contributed by atoms with Crippen molar-refractivity contribution in [3.05, 3.63) is 45.9 Å². The fourth-order valence-electron chi connectivity index (χ4n) is 1.51. The van der Waals surface area contributed by atoms with Gasteiger partial charge >= 0.3 is 0 Å².